The molecule has 0 saturated carbocycles. The van der Waals surface area contributed by atoms with Gasteiger partial charge in [-0.1, -0.05) is 0 Å². The molecule has 0 aliphatic carbocycles. The molecule has 0 bridgehead atoms. The Hall–Kier alpha value is -1.96. The topological polar surface area (TPSA) is 91.6 Å². The molecule has 20 heavy (non-hydrogen) atoms. The van der Waals surface area contributed by atoms with Crippen LogP contribution < -0.4 is 5.32 Å². The highest BCUT2D eigenvalue weighted by atomic mass is 19.3. The lowest BCUT2D eigenvalue weighted by Gasteiger charge is -2.21. The molecule has 1 atom stereocenters. The summed E-state index contributed by atoms with van der Waals surface area (Å²) < 4.78 is 25.7. The predicted molar refractivity (Wildman–Crippen MR) is 65.6 cm³/mol. The quantitative estimate of drug-likeness (QED) is 0.689. The second-order valence-electron chi connectivity index (χ2n) is 4.69. The molecule has 0 saturated heterocycles. The van der Waals surface area contributed by atoms with Crippen LogP contribution in [0, 0.1) is 0 Å². The normalized spacial score (nSPS) is 14.1. The van der Waals surface area contributed by atoms with E-state index < -0.39 is 36.9 Å². The number of aromatic nitrogens is 1. The average molecular weight is 290 g/mol. The summed E-state index contributed by atoms with van der Waals surface area (Å²) in [6.45, 7) is 0.360. The molecule has 0 aliphatic rings. The Morgan fingerprint density at radius 2 is 2.15 bits per heavy atom. The fourth-order valence-corrected chi connectivity index (χ4v) is 1.68. The van der Waals surface area contributed by atoms with Crippen molar-refractivity contribution in [2.45, 2.75) is 31.9 Å². The highest BCUT2D eigenvalue weighted by Gasteiger charge is 2.25. The molecule has 1 aromatic heterocycles. The molecule has 1 amide bonds. The maximum atomic E-state index is 12.3. The zero-order valence-corrected chi connectivity index (χ0v) is 10.8. The zero-order valence-electron chi connectivity index (χ0n) is 10.8. The molecule has 0 radical (unpaired) electrons. The molecule has 0 spiro atoms. The van der Waals surface area contributed by atoms with Gasteiger partial charge in [0, 0.05) is 12.7 Å². The third kappa shape index (κ3) is 4.96. The van der Waals surface area contributed by atoms with E-state index in [4.69, 9.17) is 5.11 Å². The number of alkyl halides is 2. The molecule has 1 unspecified atom stereocenters. The number of amides is 1. The van der Waals surface area contributed by atoms with Gasteiger partial charge >= 0.3 is 5.97 Å². The fraction of sp³-hybridized carbons (Fsp3) is 0.500. The number of nitrogens with zero attached hydrogens (tertiary/aromatic N) is 1. The monoisotopic (exact) mass is 290 g/mol. The first-order valence-corrected chi connectivity index (χ1v) is 5.87. The van der Waals surface area contributed by atoms with Crippen LogP contribution in [0.1, 0.15) is 23.8 Å². The summed E-state index contributed by atoms with van der Waals surface area (Å²) in [4.78, 5) is 22.3. The summed E-state index contributed by atoms with van der Waals surface area (Å²) in [6.07, 6.45) is -1.79. The molecule has 0 aliphatic heterocycles. The van der Waals surface area contributed by atoms with Crippen LogP contribution in [-0.4, -0.2) is 45.2 Å². The number of aliphatic carboxylic acids is 1. The van der Waals surface area contributed by atoms with Crippen LogP contribution >= 0.6 is 0 Å². The van der Waals surface area contributed by atoms with Crippen molar-refractivity contribution in [2.24, 2.45) is 0 Å². The van der Waals surface area contributed by atoms with Crippen molar-refractivity contribution in [3.05, 3.63) is 24.0 Å². The van der Waals surface area contributed by atoms with Crippen molar-refractivity contribution in [3.63, 3.8) is 0 Å². The van der Waals surface area contributed by atoms with Gasteiger partial charge in [-0.25, -0.2) is 8.78 Å². The van der Waals surface area contributed by atoms with E-state index in [0.29, 0.717) is 0 Å². The van der Waals surface area contributed by atoms with E-state index >= 15 is 0 Å². The van der Waals surface area contributed by atoms with Crippen LogP contribution in [0.4, 0.5) is 8.78 Å². The average Bonchev–Trinajstić information content (AvgIpc) is 2.71. The van der Waals surface area contributed by atoms with Crippen LogP contribution in [0.5, 0.6) is 0 Å². The van der Waals surface area contributed by atoms with E-state index in [-0.39, 0.29) is 12.2 Å². The molecule has 1 rings (SSSR count). The smallest absolute Gasteiger partial charge is 0.306 e. The lowest BCUT2D eigenvalue weighted by atomic mass is 10.0. The Bertz CT molecular complexity index is 486. The molecule has 1 heterocycles. The van der Waals surface area contributed by atoms with Crippen molar-refractivity contribution >= 4 is 11.9 Å². The van der Waals surface area contributed by atoms with Gasteiger partial charge in [-0.2, -0.15) is 0 Å². The summed E-state index contributed by atoms with van der Waals surface area (Å²) in [5.41, 5.74) is -1.59. The second kappa shape index (κ2) is 6.47. The standard InChI is InChI=1S/C12H16F2N2O4/c1-12(20,5-10(17)18)7-15-11(19)8-3-2-4-16(8)6-9(13)14/h2-4,9,20H,5-7H2,1H3,(H,15,19)(H,17,18). The van der Waals surface area contributed by atoms with Crippen LogP contribution in [-0.2, 0) is 11.3 Å². The minimum atomic E-state index is -2.59. The summed E-state index contributed by atoms with van der Waals surface area (Å²) in [6, 6.07) is 2.82. The van der Waals surface area contributed by atoms with Gasteiger partial charge in [0.2, 0.25) is 0 Å². The number of halogens is 2. The Balaban J connectivity index is 2.63. The van der Waals surface area contributed by atoms with Crippen molar-refractivity contribution in [1.29, 1.82) is 0 Å². The number of hydrogen-bond acceptors (Lipinski definition) is 3. The maximum absolute atomic E-state index is 12.3. The number of aliphatic hydroxyl groups is 1. The van der Waals surface area contributed by atoms with Gasteiger partial charge in [-0.05, 0) is 19.1 Å². The largest absolute Gasteiger partial charge is 0.481 e. The van der Waals surface area contributed by atoms with Gasteiger partial charge in [-0.3, -0.25) is 9.59 Å². The summed E-state index contributed by atoms with van der Waals surface area (Å²) in [5, 5.41) is 20.6. The Labute approximate surface area is 114 Å². The molecule has 3 N–H and O–H groups in total. The number of rotatable bonds is 7. The van der Waals surface area contributed by atoms with Gasteiger partial charge in [0.1, 0.15) is 5.69 Å². The SMILES string of the molecule is CC(O)(CNC(=O)c1cccn1CC(F)F)CC(=O)O. The third-order valence-electron chi connectivity index (χ3n) is 2.56. The molecule has 6 nitrogen and oxygen atoms in total. The van der Waals surface area contributed by atoms with Crippen molar-refractivity contribution in [3.8, 4) is 0 Å². The van der Waals surface area contributed by atoms with E-state index in [1.54, 1.807) is 0 Å². The van der Waals surface area contributed by atoms with Crippen molar-refractivity contribution in [1.82, 2.24) is 9.88 Å². The second-order valence-corrected chi connectivity index (χ2v) is 4.69. The van der Waals surface area contributed by atoms with Gasteiger partial charge < -0.3 is 20.1 Å². The van der Waals surface area contributed by atoms with Crippen molar-refractivity contribution < 1.29 is 28.6 Å². The molecule has 0 fully saturated rings. The number of carboxylic acid groups (broad SMARTS) is 1. The highest BCUT2D eigenvalue weighted by Crippen LogP contribution is 2.10. The first-order valence-electron chi connectivity index (χ1n) is 5.87. The molecule has 0 aromatic carbocycles. The highest BCUT2D eigenvalue weighted by molar-refractivity contribution is 5.92. The van der Waals surface area contributed by atoms with E-state index in [1.807, 2.05) is 0 Å². The number of carboxylic acids is 1. The minimum absolute atomic E-state index is 0.0245. The van der Waals surface area contributed by atoms with E-state index in [2.05, 4.69) is 5.32 Å². The van der Waals surface area contributed by atoms with Gasteiger partial charge in [0.15, 0.2) is 0 Å². The Morgan fingerprint density at radius 3 is 2.70 bits per heavy atom. The molecular formula is C12H16F2N2O4. The first kappa shape index (κ1) is 16.1. The van der Waals surface area contributed by atoms with Crippen LogP contribution in [0.25, 0.3) is 0 Å². The van der Waals surface area contributed by atoms with E-state index in [9.17, 15) is 23.5 Å². The number of carbonyl (C=O) groups is 2. The minimum Gasteiger partial charge on any atom is -0.481 e. The van der Waals surface area contributed by atoms with Crippen LogP contribution in [0.15, 0.2) is 18.3 Å². The molecule has 112 valence electrons. The number of nitrogens with one attached hydrogen (secondary N) is 1. The lowest BCUT2D eigenvalue weighted by molar-refractivity contribution is -0.141. The molecule has 1 aromatic rings. The van der Waals surface area contributed by atoms with Crippen molar-refractivity contribution in [2.75, 3.05) is 6.54 Å². The summed E-state index contributed by atoms with van der Waals surface area (Å²) in [7, 11) is 0. The Kier molecular flexibility index (Phi) is 5.20. The zero-order chi connectivity index (χ0) is 15.3. The fourth-order valence-electron chi connectivity index (χ4n) is 1.68. The molecular weight excluding hydrogens is 274 g/mol. The number of carbonyl (C=O) groups excluding carboxylic acids is 1. The van der Waals surface area contributed by atoms with Gasteiger partial charge in [0.25, 0.3) is 12.3 Å². The Morgan fingerprint density at radius 1 is 1.50 bits per heavy atom. The lowest BCUT2D eigenvalue weighted by Crippen LogP contribution is -2.42. The summed E-state index contributed by atoms with van der Waals surface area (Å²) in [5.74, 6) is -1.85. The first-order chi connectivity index (χ1) is 9.21. The number of hydrogen-bond donors (Lipinski definition) is 3. The van der Waals surface area contributed by atoms with E-state index in [1.165, 1.54) is 25.3 Å². The van der Waals surface area contributed by atoms with Gasteiger partial charge in [-0.15, -0.1) is 0 Å². The van der Waals surface area contributed by atoms with Gasteiger partial charge in [0.05, 0.1) is 18.6 Å². The van der Waals surface area contributed by atoms with E-state index in [0.717, 1.165) is 4.57 Å². The van der Waals surface area contributed by atoms with Crippen LogP contribution in [0.2, 0.25) is 0 Å². The third-order valence-corrected chi connectivity index (χ3v) is 2.56. The maximum Gasteiger partial charge on any atom is 0.306 e. The van der Waals surface area contributed by atoms with Crippen LogP contribution in [0.3, 0.4) is 0 Å². The summed E-state index contributed by atoms with van der Waals surface area (Å²) >= 11 is 0. The predicted octanol–water partition coefficient (Wildman–Crippen LogP) is 0.709. The molecule has 8 heteroatoms.